The number of ether oxygens (including phenoxy) is 2. The standard InChI is InChI=1S/C52H106N6O3/c1-5-7-9-11-13-15-17-19-21-23-25-27-29-31-33-46-60-49-50(61-47-34-32-30-28-26-24-22-20-18-16-14-12-10-8-6-2)48-58(3,4)45-44-57-52(59)51(56-43-37-40-54)38-35-41-55-42-36-39-53/h19-22,50-51,55-56H,5-18,23-49,53-54H2,1-4H3/p+1/b21-19-,22-20-. The van der Waals surface area contributed by atoms with Gasteiger partial charge in [0.1, 0.15) is 12.6 Å². The maximum atomic E-state index is 13.3. The number of quaternary nitrogens is 1. The van der Waals surface area contributed by atoms with Gasteiger partial charge in [-0.3, -0.25) is 4.79 Å². The average molecular weight is 864 g/mol. The van der Waals surface area contributed by atoms with E-state index in [1.807, 2.05) is 0 Å². The zero-order valence-electron chi connectivity index (χ0n) is 41.3. The molecule has 0 fully saturated rings. The van der Waals surface area contributed by atoms with Crippen LogP contribution in [-0.2, 0) is 14.3 Å². The summed E-state index contributed by atoms with van der Waals surface area (Å²) in [6, 6.07) is -0.203. The molecule has 0 aromatic carbocycles. The third-order valence-corrected chi connectivity index (χ3v) is 11.8. The van der Waals surface area contributed by atoms with Crippen molar-refractivity contribution < 1.29 is 18.8 Å². The first-order valence-electron chi connectivity index (χ1n) is 26.3. The fourth-order valence-electron chi connectivity index (χ4n) is 7.80. The van der Waals surface area contributed by atoms with Gasteiger partial charge in [-0.2, -0.15) is 0 Å². The highest BCUT2D eigenvalue weighted by Crippen LogP contribution is 2.13. The molecule has 61 heavy (non-hydrogen) atoms. The number of unbranched alkanes of at least 4 members (excludes halogenated alkanes) is 22. The molecule has 0 heterocycles. The van der Waals surface area contributed by atoms with Gasteiger partial charge < -0.3 is 41.4 Å². The van der Waals surface area contributed by atoms with Crippen LogP contribution < -0.4 is 27.4 Å². The molecule has 362 valence electrons. The molecule has 9 heteroatoms. The van der Waals surface area contributed by atoms with E-state index in [-0.39, 0.29) is 18.1 Å². The Morgan fingerprint density at radius 3 is 1.54 bits per heavy atom. The van der Waals surface area contributed by atoms with E-state index >= 15 is 0 Å². The predicted molar refractivity (Wildman–Crippen MR) is 266 cm³/mol. The van der Waals surface area contributed by atoms with Crippen molar-refractivity contribution in [1.82, 2.24) is 16.0 Å². The van der Waals surface area contributed by atoms with Crippen LogP contribution in [-0.4, -0.2) is 109 Å². The topological polar surface area (TPSA) is 124 Å². The minimum Gasteiger partial charge on any atom is -0.379 e. The first kappa shape index (κ1) is 59.7. The molecule has 9 nitrogen and oxygen atoms in total. The van der Waals surface area contributed by atoms with Crippen LogP contribution in [0.3, 0.4) is 0 Å². The first-order valence-corrected chi connectivity index (χ1v) is 26.3. The SMILES string of the molecule is CCCCCCCC/C=C\CCCCCCCOCC(C[N+](C)(C)CCNC(=O)C(CCCNCCCN)NCCCN)OCCCCCCC/C=C\CCCCCCCC. The van der Waals surface area contributed by atoms with Crippen LogP contribution in [0.15, 0.2) is 24.3 Å². The minimum absolute atomic E-state index is 0.0445. The Kier molecular flexibility index (Phi) is 47.1. The van der Waals surface area contributed by atoms with E-state index < -0.39 is 0 Å². The second-order valence-electron chi connectivity index (χ2n) is 18.6. The van der Waals surface area contributed by atoms with Gasteiger partial charge in [-0.1, -0.05) is 141 Å². The summed E-state index contributed by atoms with van der Waals surface area (Å²) in [6.45, 7) is 13.0. The van der Waals surface area contributed by atoms with Crippen molar-refractivity contribution in [3.63, 3.8) is 0 Å². The summed E-state index contributed by atoms with van der Waals surface area (Å²) in [4.78, 5) is 13.3. The fraction of sp³-hybridized carbons (Fsp3) is 0.904. The maximum absolute atomic E-state index is 13.3. The lowest BCUT2D eigenvalue weighted by atomic mass is 10.1. The normalized spacial score (nSPS) is 13.2. The number of nitrogens with one attached hydrogen (secondary N) is 3. The third kappa shape index (κ3) is 45.1. The summed E-state index contributed by atoms with van der Waals surface area (Å²) < 4.78 is 13.6. The average Bonchev–Trinajstić information content (AvgIpc) is 3.24. The first-order chi connectivity index (χ1) is 29.9. The molecule has 0 spiro atoms. The van der Waals surface area contributed by atoms with Crippen molar-refractivity contribution >= 4 is 5.91 Å². The number of allylic oxidation sites excluding steroid dienone is 4. The van der Waals surface area contributed by atoms with Gasteiger partial charge in [0, 0.05) is 13.2 Å². The number of hydrogen-bond acceptors (Lipinski definition) is 7. The molecule has 0 rings (SSSR count). The van der Waals surface area contributed by atoms with Crippen molar-refractivity contribution in [3.8, 4) is 0 Å². The minimum atomic E-state index is -0.203. The molecule has 0 aliphatic rings. The molecule has 0 bridgehead atoms. The summed E-state index contributed by atoms with van der Waals surface area (Å²) in [7, 11) is 4.50. The highest BCUT2D eigenvalue weighted by atomic mass is 16.5. The number of nitrogens with zero attached hydrogens (tertiary/aromatic N) is 1. The quantitative estimate of drug-likeness (QED) is 0.0234. The summed E-state index contributed by atoms with van der Waals surface area (Å²) in [5, 5.41) is 10.1. The lowest BCUT2D eigenvalue weighted by Gasteiger charge is -2.33. The van der Waals surface area contributed by atoms with E-state index in [0.717, 1.165) is 88.9 Å². The fourth-order valence-corrected chi connectivity index (χ4v) is 7.80. The monoisotopic (exact) mass is 864 g/mol. The molecule has 0 aliphatic carbocycles. The van der Waals surface area contributed by atoms with E-state index in [9.17, 15) is 4.79 Å². The van der Waals surface area contributed by atoms with Crippen LogP contribution in [0.1, 0.15) is 206 Å². The van der Waals surface area contributed by atoms with Gasteiger partial charge in [-0.15, -0.1) is 0 Å². The molecule has 2 atom stereocenters. The summed E-state index contributed by atoms with van der Waals surface area (Å²) in [5.41, 5.74) is 11.4. The van der Waals surface area contributed by atoms with Gasteiger partial charge in [-0.05, 0) is 123 Å². The van der Waals surface area contributed by atoms with Crippen molar-refractivity contribution in [2.24, 2.45) is 11.5 Å². The van der Waals surface area contributed by atoms with Gasteiger partial charge in [-0.25, -0.2) is 0 Å². The molecule has 0 aromatic heterocycles. The molecular weight excluding hydrogens is 757 g/mol. The molecule has 0 aromatic rings. The molecule has 0 aliphatic heterocycles. The Morgan fingerprint density at radius 2 is 1.02 bits per heavy atom. The zero-order valence-corrected chi connectivity index (χ0v) is 41.3. The lowest BCUT2D eigenvalue weighted by molar-refractivity contribution is -0.892. The van der Waals surface area contributed by atoms with E-state index in [2.05, 4.69) is 68.2 Å². The number of rotatable bonds is 50. The number of amides is 1. The summed E-state index contributed by atoms with van der Waals surface area (Å²) in [6.07, 6.45) is 47.1. The van der Waals surface area contributed by atoms with Crippen molar-refractivity contribution in [3.05, 3.63) is 24.3 Å². The Hall–Kier alpha value is -1.33. The van der Waals surface area contributed by atoms with Gasteiger partial charge in [0.15, 0.2) is 0 Å². The van der Waals surface area contributed by atoms with Gasteiger partial charge in [0.2, 0.25) is 5.91 Å². The molecule has 2 unspecified atom stereocenters. The second kappa shape index (κ2) is 48.1. The lowest BCUT2D eigenvalue weighted by Crippen LogP contribution is -2.52. The highest BCUT2D eigenvalue weighted by molar-refractivity contribution is 5.81. The Bertz CT molecular complexity index is 948. The Labute approximate surface area is 380 Å². The van der Waals surface area contributed by atoms with E-state index in [0.29, 0.717) is 26.2 Å². The number of hydrogen-bond donors (Lipinski definition) is 5. The van der Waals surface area contributed by atoms with Crippen LogP contribution in [0.25, 0.3) is 0 Å². The number of carbonyl (C=O) groups is 1. The molecule has 7 N–H and O–H groups in total. The third-order valence-electron chi connectivity index (χ3n) is 11.8. The molecule has 0 radical (unpaired) electrons. The van der Waals surface area contributed by atoms with Crippen molar-refractivity contribution in [1.29, 1.82) is 0 Å². The predicted octanol–water partition coefficient (Wildman–Crippen LogP) is 10.9. The molecular formula is C52H107N6O3+. The molecule has 0 saturated heterocycles. The molecule has 0 saturated carbocycles. The van der Waals surface area contributed by atoms with Gasteiger partial charge >= 0.3 is 0 Å². The molecule has 1 amide bonds. The smallest absolute Gasteiger partial charge is 0.237 e. The number of nitrogens with two attached hydrogens (primary N) is 2. The summed E-state index contributed by atoms with van der Waals surface area (Å²) >= 11 is 0. The van der Waals surface area contributed by atoms with Crippen LogP contribution >= 0.6 is 0 Å². The largest absolute Gasteiger partial charge is 0.379 e. The van der Waals surface area contributed by atoms with Gasteiger partial charge in [0.05, 0.1) is 39.8 Å². The maximum Gasteiger partial charge on any atom is 0.237 e. The van der Waals surface area contributed by atoms with Crippen molar-refractivity contribution in [2.75, 3.05) is 86.3 Å². The second-order valence-corrected chi connectivity index (χ2v) is 18.6. The Balaban J connectivity index is 4.67. The summed E-state index contributed by atoms with van der Waals surface area (Å²) in [5.74, 6) is 0.0827. The van der Waals surface area contributed by atoms with Crippen LogP contribution in [0, 0.1) is 0 Å². The van der Waals surface area contributed by atoms with Crippen molar-refractivity contribution in [2.45, 2.75) is 219 Å². The highest BCUT2D eigenvalue weighted by Gasteiger charge is 2.24. The van der Waals surface area contributed by atoms with Gasteiger partial charge in [0.25, 0.3) is 0 Å². The zero-order chi connectivity index (χ0) is 44.6. The van der Waals surface area contributed by atoms with E-state index in [1.54, 1.807) is 0 Å². The van der Waals surface area contributed by atoms with E-state index in [4.69, 9.17) is 20.9 Å². The van der Waals surface area contributed by atoms with E-state index in [1.165, 1.54) is 154 Å². The Morgan fingerprint density at radius 1 is 0.557 bits per heavy atom. The number of carbonyl (C=O) groups excluding carboxylic acids is 1. The number of likely N-dealkylation sites (N-methyl/N-ethyl adjacent to an activating group) is 1. The van der Waals surface area contributed by atoms with Crippen LogP contribution in [0.2, 0.25) is 0 Å². The van der Waals surface area contributed by atoms with Crippen LogP contribution in [0.4, 0.5) is 0 Å². The van der Waals surface area contributed by atoms with Crippen LogP contribution in [0.5, 0.6) is 0 Å².